The maximum atomic E-state index is 12.8. The van der Waals surface area contributed by atoms with Crippen molar-refractivity contribution in [2.45, 2.75) is 17.2 Å². The van der Waals surface area contributed by atoms with Gasteiger partial charge in [-0.15, -0.1) is 5.10 Å². The van der Waals surface area contributed by atoms with E-state index in [1.54, 1.807) is 36.4 Å². The minimum absolute atomic E-state index is 0.0888. The van der Waals surface area contributed by atoms with Crippen molar-refractivity contribution in [1.82, 2.24) is 15.2 Å². The van der Waals surface area contributed by atoms with Gasteiger partial charge in [0.25, 0.3) is 9.84 Å². The molecule has 1 aromatic heterocycles. The van der Waals surface area contributed by atoms with Gasteiger partial charge in [0.05, 0.1) is 10.6 Å². The van der Waals surface area contributed by atoms with Gasteiger partial charge in [-0.05, 0) is 19.1 Å². The van der Waals surface area contributed by atoms with Crippen LogP contribution in [0, 0.1) is 17.0 Å². The smallest absolute Gasteiger partial charge is 0.263 e. The van der Waals surface area contributed by atoms with Crippen LogP contribution in [0.2, 0.25) is 0 Å². The molecule has 0 aliphatic heterocycles. The molecule has 1 atom stereocenters. The van der Waals surface area contributed by atoms with E-state index in [0.717, 1.165) is 0 Å². The van der Waals surface area contributed by atoms with Crippen LogP contribution in [0.1, 0.15) is 16.8 Å². The molecule has 0 aliphatic rings. The van der Waals surface area contributed by atoms with Gasteiger partial charge in [-0.3, -0.25) is 10.1 Å². The molecule has 26 heavy (non-hydrogen) atoms. The first-order valence-corrected chi connectivity index (χ1v) is 9.15. The first-order chi connectivity index (χ1) is 12.4. The molecule has 0 radical (unpaired) electrons. The van der Waals surface area contributed by atoms with E-state index in [-0.39, 0.29) is 22.1 Å². The molecule has 0 fully saturated rings. The molecule has 9 heteroatoms. The number of hydrogen-bond donors (Lipinski definition) is 0. The molecule has 0 saturated heterocycles. The normalized spacial score (nSPS) is 12.5. The first kappa shape index (κ1) is 17.6. The van der Waals surface area contributed by atoms with E-state index in [4.69, 9.17) is 0 Å². The molecular weight excluding hydrogens is 356 g/mol. The second-order valence-electron chi connectivity index (χ2n) is 5.47. The highest BCUT2D eigenvalue weighted by Crippen LogP contribution is 2.30. The fraction of sp³-hybridized carbons (Fsp3) is 0.118. The van der Waals surface area contributed by atoms with Crippen molar-refractivity contribution in [2.75, 3.05) is 0 Å². The second kappa shape index (κ2) is 6.96. The van der Waals surface area contributed by atoms with Crippen molar-refractivity contribution in [2.24, 2.45) is 0 Å². The Morgan fingerprint density at radius 3 is 2.12 bits per heavy atom. The lowest BCUT2D eigenvalue weighted by Crippen LogP contribution is -2.24. The molecule has 132 valence electrons. The van der Waals surface area contributed by atoms with Crippen LogP contribution in [0.15, 0.2) is 65.6 Å². The van der Waals surface area contributed by atoms with E-state index in [0.29, 0.717) is 5.56 Å². The van der Waals surface area contributed by atoms with Gasteiger partial charge in [-0.2, -0.15) is 5.10 Å². The second-order valence-corrected chi connectivity index (χ2v) is 7.48. The Balaban J connectivity index is 2.17. The topological polar surface area (TPSA) is 116 Å². The van der Waals surface area contributed by atoms with E-state index in [1.165, 1.54) is 31.2 Å². The number of nitro groups is 1. The van der Waals surface area contributed by atoms with Crippen molar-refractivity contribution in [3.8, 4) is 11.4 Å². The Hall–Kier alpha value is -3.20. The van der Waals surface area contributed by atoms with E-state index >= 15 is 0 Å². The van der Waals surface area contributed by atoms with Crippen LogP contribution in [0.25, 0.3) is 11.4 Å². The maximum Gasteiger partial charge on any atom is 0.358 e. The van der Waals surface area contributed by atoms with Crippen molar-refractivity contribution in [3.05, 3.63) is 82.2 Å². The number of aryl methyl sites for hydroxylation is 1. The van der Waals surface area contributed by atoms with Crippen molar-refractivity contribution >= 4 is 9.84 Å². The zero-order chi connectivity index (χ0) is 18.7. The molecule has 1 heterocycles. The number of hydrogen-bond acceptors (Lipinski definition) is 7. The summed E-state index contributed by atoms with van der Waals surface area (Å²) in [5, 5.41) is 17.4. The van der Waals surface area contributed by atoms with Gasteiger partial charge >= 0.3 is 5.37 Å². The highest BCUT2D eigenvalue weighted by atomic mass is 32.2. The molecule has 0 bridgehead atoms. The lowest BCUT2D eigenvalue weighted by molar-refractivity contribution is -0.503. The quantitative estimate of drug-likeness (QED) is 0.500. The Morgan fingerprint density at radius 2 is 1.54 bits per heavy atom. The summed E-state index contributed by atoms with van der Waals surface area (Å²) < 4.78 is 25.7. The van der Waals surface area contributed by atoms with Crippen molar-refractivity contribution in [3.63, 3.8) is 0 Å². The molecule has 0 spiro atoms. The monoisotopic (exact) mass is 370 g/mol. The predicted octanol–water partition coefficient (Wildman–Crippen LogP) is 2.60. The Morgan fingerprint density at radius 1 is 0.962 bits per heavy atom. The van der Waals surface area contributed by atoms with Crippen LogP contribution in [0.5, 0.6) is 0 Å². The van der Waals surface area contributed by atoms with Gasteiger partial charge < -0.3 is 0 Å². The minimum atomic E-state index is -4.30. The summed E-state index contributed by atoms with van der Waals surface area (Å²) in [4.78, 5) is 14.8. The largest absolute Gasteiger partial charge is 0.358 e. The minimum Gasteiger partial charge on any atom is -0.263 e. The summed E-state index contributed by atoms with van der Waals surface area (Å²) in [7, 11) is -4.30. The fourth-order valence-electron chi connectivity index (χ4n) is 2.43. The van der Waals surface area contributed by atoms with Gasteiger partial charge in [-0.1, -0.05) is 48.5 Å². The highest BCUT2D eigenvalue weighted by Gasteiger charge is 2.42. The molecule has 0 N–H and O–H groups in total. The maximum absolute atomic E-state index is 12.8. The van der Waals surface area contributed by atoms with Gasteiger partial charge in [0.2, 0.25) is 0 Å². The van der Waals surface area contributed by atoms with Crippen LogP contribution in [-0.4, -0.2) is 28.5 Å². The van der Waals surface area contributed by atoms with E-state index in [1.807, 2.05) is 0 Å². The molecule has 3 rings (SSSR count). The van der Waals surface area contributed by atoms with E-state index in [9.17, 15) is 18.5 Å². The Labute approximate surface area is 149 Å². The standard InChI is InChI=1S/C17H14N4O4S/c1-12-15(18-16(20-19-12)13-8-4-2-5-9-13)17(21(22)23)26(24,25)14-10-6-3-7-11-14/h2-11,17H,1H3. The highest BCUT2D eigenvalue weighted by molar-refractivity contribution is 7.91. The predicted molar refractivity (Wildman–Crippen MR) is 93.4 cm³/mol. The van der Waals surface area contributed by atoms with Gasteiger partial charge in [0, 0.05) is 10.5 Å². The fourth-order valence-corrected chi connectivity index (χ4v) is 3.97. The lowest BCUT2D eigenvalue weighted by atomic mass is 10.2. The first-order valence-electron chi connectivity index (χ1n) is 7.60. The van der Waals surface area contributed by atoms with Crippen LogP contribution >= 0.6 is 0 Å². The summed E-state index contributed by atoms with van der Waals surface area (Å²) in [5.74, 6) is 0.126. The summed E-state index contributed by atoms with van der Waals surface area (Å²) in [6.07, 6.45) is 0. The van der Waals surface area contributed by atoms with Gasteiger partial charge in [-0.25, -0.2) is 13.4 Å². The number of sulfone groups is 1. The number of aromatic nitrogens is 3. The third kappa shape index (κ3) is 3.29. The Kier molecular flexibility index (Phi) is 4.72. The third-order valence-electron chi connectivity index (χ3n) is 3.71. The summed E-state index contributed by atoms with van der Waals surface area (Å²) in [6.45, 7) is 1.45. The SMILES string of the molecule is Cc1nnc(-c2ccccc2)nc1C([N+](=O)[O-])S(=O)(=O)c1ccccc1. The van der Waals surface area contributed by atoms with E-state index < -0.39 is 20.1 Å². The van der Waals surface area contributed by atoms with Crippen LogP contribution in [0.3, 0.4) is 0 Å². The van der Waals surface area contributed by atoms with Crippen molar-refractivity contribution < 1.29 is 13.3 Å². The zero-order valence-corrected chi connectivity index (χ0v) is 14.5. The molecule has 2 aromatic carbocycles. The molecule has 8 nitrogen and oxygen atoms in total. The lowest BCUT2D eigenvalue weighted by Gasteiger charge is -2.12. The number of nitrogens with zero attached hydrogens (tertiary/aromatic N) is 4. The average molecular weight is 370 g/mol. The zero-order valence-electron chi connectivity index (χ0n) is 13.7. The van der Waals surface area contributed by atoms with Gasteiger partial charge in [0.15, 0.2) is 11.5 Å². The van der Waals surface area contributed by atoms with Gasteiger partial charge in [0.1, 0.15) is 0 Å². The van der Waals surface area contributed by atoms with Crippen LogP contribution in [-0.2, 0) is 9.84 Å². The number of benzene rings is 2. The summed E-state index contributed by atoms with van der Waals surface area (Å²) in [5.41, 5.74) is 0.430. The summed E-state index contributed by atoms with van der Waals surface area (Å²) in [6, 6.07) is 16.0. The third-order valence-corrected chi connectivity index (χ3v) is 5.63. The Bertz CT molecular complexity index is 1040. The molecule has 0 amide bonds. The average Bonchev–Trinajstić information content (AvgIpc) is 2.64. The molecular formula is C17H14N4O4S. The van der Waals surface area contributed by atoms with Crippen LogP contribution < -0.4 is 0 Å². The molecule has 0 saturated carbocycles. The summed E-state index contributed by atoms with van der Waals surface area (Å²) >= 11 is 0. The molecule has 1 unspecified atom stereocenters. The number of rotatable bonds is 5. The van der Waals surface area contributed by atoms with E-state index in [2.05, 4.69) is 15.2 Å². The van der Waals surface area contributed by atoms with Crippen molar-refractivity contribution in [1.29, 1.82) is 0 Å². The molecule has 3 aromatic rings. The molecule has 0 aliphatic carbocycles. The van der Waals surface area contributed by atoms with Crippen LogP contribution in [0.4, 0.5) is 0 Å².